The van der Waals surface area contributed by atoms with Crippen LogP contribution in [0, 0.1) is 13.8 Å². The minimum absolute atomic E-state index is 0.0264. The molecule has 0 aliphatic heterocycles. The lowest BCUT2D eigenvalue weighted by Crippen LogP contribution is -2.12. The SMILES string of the molecule is Cc1cc(C)c2nc(Nc3cccnc3Oc3ccccc3C(C)(C)C)sc2c1. The summed E-state index contributed by atoms with van der Waals surface area (Å²) in [4.78, 5) is 9.25. The van der Waals surface area contributed by atoms with E-state index in [0.717, 1.165) is 27.6 Å². The third kappa shape index (κ3) is 4.10. The van der Waals surface area contributed by atoms with Gasteiger partial charge in [0.25, 0.3) is 0 Å². The molecular weight excluding hydrogens is 378 g/mol. The zero-order valence-corrected chi connectivity index (χ0v) is 18.2. The summed E-state index contributed by atoms with van der Waals surface area (Å²) in [5, 5.41) is 4.24. The number of rotatable bonds is 4. The van der Waals surface area contributed by atoms with Crippen molar-refractivity contribution in [3.05, 3.63) is 71.4 Å². The number of hydrogen-bond donors (Lipinski definition) is 1. The average Bonchev–Trinajstić information content (AvgIpc) is 3.05. The Labute approximate surface area is 175 Å². The highest BCUT2D eigenvalue weighted by Gasteiger charge is 2.20. The fraction of sp³-hybridized carbons (Fsp3) is 0.250. The molecule has 0 amide bonds. The van der Waals surface area contributed by atoms with E-state index in [4.69, 9.17) is 9.72 Å². The molecule has 0 unspecified atom stereocenters. The molecule has 4 aromatic rings. The van der Waals surface area contributed by atoms with Crippen molar-refractivity contribution in [1.29, 1.82) is 0 Å². The molecule has 0 saturated heterocycles. The first-order valence-corrected chi connectivity index (χ1v) is 10.5. The molecule has 2 heterocycles. The molecule has 1 N–H and O–H groups in total. The van der Waals surface area contributed by atoms with Crippen LogP contribution in [0.1, 0.15) is 37.5 Å². The number of anilines is 2. The maximum Gasteiger partial charge on any atom is 0.243 e. The van der Waals surface area contributed by atoms with Crippen molar-refractivity contribution in [2.75, 3.05) is 5.32 Å². The summed E-state index contributed by atoms with van der Waals surface area (Å²) in [7, 11) is 0. The van der Waals surface area contributed by atoms with Gasteiger partial charge >= 0.3 is 0 Å². The standard InChI is InChI=1S/C24H25N3OS/c1-15-13-16(2)21-20(14-15)29-23(27-21)26-18-10-8-12-25-22(18)28-19-11-7-6-9-17(19)24(3,4)5/h6-14H,1-5H3,(H,26,27). The van der Waals surface area contributed by atoms with E-state index in [-0.39, 0.29) is 5.41 Å². The second-order valence-corrected chi connectivity index (χ2v) is 9.31. The summed E-state index contributed by atoms with van der Waals surface area (Å²) in [5.41, 5.74) is 5.38. The van der Waals surface area contributed by atoms with Crippen LogP contribution in [0.25, 0.3) is 10.2 Å². The lowest BCUT2D eigenvalue weighted by molar-refractivity contribution is 0.442. The predicted molar refractivity (Wildman–Crippen MR) is 122 cm³/mol. The highest BCUT2D eigenvalue weighted by atomic mass is 32.1. The molecule has 0 aliphatic carbocycles. The van der Waals surface area contributed by atoms with Gasteiger partial charge < -0.3 is 10.1 Å². The quantitative estimate of drug-likeness (QED) is 0.393. The van der Waals surface area contributed by atoms with Crippen molar-refractivity contribution >= 4 is 32.4 Å². The average molecular weight is 404 g/mol. The highest BCUT2D eigenvalue weighted by Crippen LogP contribution is 2.37. The van der Waals surface area contributed by atoms with Crippen LogP contribution in [-0.4, -0.2) is 9.97 Å². The molecule has 0 atom stereocenters. The molecule has 0 aliphatic rings. The van der Waals surface area contributed by atoms with Crippen molar-refractivity contribution in [2.45, 2.75) is 40.0 Å². The van der Waals surface area contributed by atoms with E-state index in [1.54, 1.807) is 17.5 Å². The van der Waals surface area contributed by atoms with Gasteiger partial charge in [-0.2, -0.15) is 0 Å². The Hall–Kier alpha value is -2.92. The molecule has 0 bridgehead atoms. The molecule has 0 spiro atoms. The Morgan fingerprint density at radius 2 is 1.79 bits per heavy atom. The van der Waals surface area contributed by atoms with E-state index in [0.29, 0.717) is 5.88 Å². The van der Waals surface area contributed by atoms with E-state index in [1.165, 1.54) is 15.8 Å². The fourth-order valence-electron chi connectivity index (χ4n) is 3.39. The van der Waals surface area contributed by atoms with Crippen LogP contribution in [0.3, 0.4) is 0 Å². The van der Waals surface area contributed by atoms with Crippen LogP contribution in [0.15, 0.2) is 54.7 Å². The summed E-state index contributed by atoms with van der Waals surface area (Å²) in [6.45, 7) is 10.7. The second kappa shape index (κ2) is 7.48. The Balaban J connectivity index is 1.68. The Bertz CT molecular complexity index is 1170. The topological polar surface area (TPSA) is 47.0 Å². The zero-order valence-electron chi connectivity index (χ0n) is 17.4. The Kier molecular flexibility index (Phi) is 5.01. The van der Waals surface area contributed by atoms with Gasteiger partial charge in [-0.05, 0) is 54.7 Å². The van der Waals surface area contributed by atoms with Crippen LogP contribution in [0.2, 0.25) is 0 Å². The van der Waals surface area contributed by atoms with Gasteiger partial charge in [0, 0.05) is 11.8 Å². The number of nitrogens with zero attached hydrogens (tertiary/aromatic N) is 2. The first kappa shape index (κ1) is 19.4. The molecule has 0 radical (unpaired) electrons. The molecule has 29 heavy (non-hydrogen) atoms. The van der Waals surface area contributed by atoms with Crippen LogP contribution < -0.4 is 10.1 Å². The van der Waals surface area contributed by atoms with E-state index in [2.05, 4.69) is 63.1 Å². The predicted octanol–water partition coefficient (Wildman–Crippen LogP) is 7.14. The van der Waals surface area contributed by atoms with Crippen molar-refractivity contribution in [3.8, 4) is 11.6 Å². The van der Waals surface area contributed by atoms with Crippen LogP contribution >= 0.6 is 11.3 Å². The van der Waals surface area contributed by atoms with Crippen LogP contribution in [0.4, 0.5) is 10.8 Å². The summed E-state index contributed by atoms with van der Waals surface area (Å²) >= 11 is 1.64. The van der Waals surface area contributed by atoms with Gasteiger partial charge in [0.1, 0.15) is 11.4 Å². The van der Waals surface area contributed by atoms with Gasteiger partial charge in [-0.25, -0.2) is 9.97 Å². The second-order valence-electron chi connectivity index (χ2n) is 8.28. The van der Waals surface area contributed by atoms with E-state index >= 15 is 0 Å². The van der Waals surface area contributed by atoms with Gasteiger partial charge in [-0.15, -0.1) is 0 Å². The molecule has 0 fully saturated rings. The maximum atomic E-state index is 6.26. The third-order valence-electron chi connectivity index (χ3n) is 4.74. The van der Waals surface area contributed by atoms with Gasteiger partial charge in [0.2, 0.25) is 5.88 Å². The van der Waals surface area contributed by atoms with E-state index < -0.39 is 0 Å². The summed E-state index contributed by atoms with van der Waals surface area (Å²) in [6.07, 6.45) is 1.74. The number of fused-ring (bicyclic) bond motifs is 1. The van der Waals surface area contributed by atoms with Gasteiger partial charge in [0.05, 0.1) is 10.2 Å². The third-order valence-corrected chi connectivity index (χ3v) is 5.66. The molecule has 148 valence electrons. The minimum atomic E-state index is -0.0264. The van der Waals surface area contributed by atoms with Crippen LogP contribution in [0.5, 0.6) is 11.6 Å². The Morgan fingerprint density at radius 1 is 1.00 bits per heavy atom. The van der Waals surface area contributed by atoms with Gasteiger partial charge in [0.15, 0.2) is 5.13 Å². The summed E-state index contributed by atoms with van der Waals surface area (Å²) in [5.74, 6) is 1.36. The maximum absolute atomic E-state index is 6.26. The van der Waals surface area contributed by atoms with E-state index in [9.17, 15) is 0 Å². The molecule has 2 aromatic heterocycles. The first-order chi connectivity index (χ1) is 13.8. The molecule has 5 heteroatoms. The monoisotopic (exact) mass is 403 g/mol. The number of nitrogens with one attached hydrogen (secondary N) is 1. The smallest absolute Gasteiger partial charge is 0.243 e. The molecule has 4 rings (SSSR count). The van der Waals surface area contributed by atoms with Crippen molar-refractivity contribution in [2.24, 2.45) is 0 Å². The first-order valence-electron chi connectivity index (χ1n) is 9.68. The van der Waals surface area contributed by atoms with Crippen molar-refractivity contribution in [1.82, 2.24) is 9.97 Å². The number of aromatic nitrogens is 2. The number of pyridine rings is 1. The number of benzene rings is 2. The Morgan fingerprint density at radius 3 is 2.59 bits per heavy atom. The van der Waals surface area contributed by atoms with E-state index in [1.807, 2.05) is 30.3 Å². The molecule has 0 saturated carbocycles. The lowest BCUT2D eigenvalue weighted by atomic mass is 9.86. The normalized spacial score (nSPS) is 11.6. The fourth-order valence-corrected chi connectivity index (χ4v) is 4.44. The largest absolute Gasteiger partial charge is 0.437 e. The highest BCUT2D eigenvalue weighted by molar-refractivity contribution is 7.22. The van der Waals surface area contributed by atoms with Gasteiger partial charge in [-0.1, -0.05) is 56.4 Å². The van der Waals surface area contributed by atoms with Gasteiger partial charge in [-0.3, -0.25) is 0 Å². The lowest BCUT2D eigenvalue weighted by Gasteiger charge is -2.22. The number of hydrogen-bond acceptors (Lipinski definition) is 5. The van der Waals surface area contributed by atoms with Crippen molar-refractivity contribution in [3.63, 3.8) is 0 Å². The number of thiazole rings is 1. The molecule has 2 aromatic carbocycles. The molecule has 4 nitrogen and oxygen atoms in total. The molecular formula is C24H25N3OS. The summed E-state index contributed by atoms with van der Waals surface area (Å²) in [6, 6.07) is 16.3. The van der Waals surface area contributed by atoms with Crippen LogP contribution in [-0.2, 0) is 5.41 Å². The zero-order chi connectivity index (χ0) is 20.6. The number of ether oxygens (including phenoxy) is 1. The number of aryl methyl sites for hydroxylation is 2. The minimum Gasteiger partial charge on any atom is -0.437 e. The van der Waals surface area contributed by atoms with Crippen molar-refractivity contribution < 1.29 is 4.74 Å². The number of para-hydroxylation sites is 1. The summed E-state index contributed by atoms with van der Waals surface area (Å²) < 4.78 is 7.43.